The highest BCUT2D eigenvalue weighted by atomic mass is 15.1. The molecule has 0 aromatic heterocycles. The van der Waals surface area contributed by atoms with E-state index in [0.717, 1.165) is 11.4 Å². The minimum absolute atomic E-state index is 1.16. The van der Waals surface area contributed by atoms with E-state index >= 15 is 0 Å². The summed E-state index contributed by atoms with van der Waals surface area (Å²) in [6.45, 7) is 0. The Morgan fingerprint density at radius 3 is 1.73 bits per heavy atom. The summed E-state index contributed by atoms with van der Waals surface area (Å²) in [6.07, 6.45) is 0. The number of para-hydroxylation sites is 2. The molecule has 0 heterocycles. The molecule has 0 N–H and O–H groups in total. The van der Waals surface area contributed by atoms with E-state index in [2.05, 4.69) is 132 Å². The second-order valence-electron chi connectivity index (χ2n) is 8.61. The van der Waals surface area contributed by atoms with Crippen LogP contribution in [0.15, 0.2) is 127 Å². The van der Waals surface area contributed by atoms with Crippen molar-refractivity contribution in [1.82, 2.24) is 0 Å². The lowest BCUT2D eigenvalue weighted by atomic mass is 9.90. The maximum Gasteiger partial charge on any atom is 0.0546 e. The molecule has 0 bridgehead atoms. The average molecular weight is 420 g/mol. The largest absolute Gasteiger partial charge is 0.310 e. The Morgan fingerprint density at radius 1 is 0.364 bits per heavy atom. The van der Waals surface area contributed by atoms with Crippen LogP contribution in [-0.2, 0) is 0 Å². The van der Waals surface area contributed by atoms with Crippen LogP contribution < -0.4 is 4.90 Å². The van der Waals surface area contributed by atoms with Gasteiger partial charge in [0.25, 0.3) is 0 Å². The van der Waals surface area contributed by atoms with Crippen molar-refractivity contribution < 1.29 is 0 Å². The Kier molecular flexibility index (Phi) is 3.91. The molecule has 0 atom stereocenters. The quantitative estimate of drug-likeness (QED) is 0.204. The molecule has 0 saturated heterocycles. The number of rotatable bonds is 3. The zero-order valence-electron chi connectivity index (χ0n) is 18.1. The zero-order valence-corrected chi connectivity index (χ0v) is 18.1. The molecule has 0 spiro atoms. The lowest BCUT2D eigenvalue weighted by Crippen LogP contribution is -2.10. The van der Waals surface area contributed by atoms with Gasteiger partial charge in [-0.25, -0.2) is 0 Å². The first-order valence-electron chi connectivity index (χ1n) is 11.4. The summed E-state index contributed by atoms with van der Waals surface area (Å²) in [6, 6.07) is 46.0. The van der Waals surface area contributed by atoms with Gasteiger partial charge in [0.2, 0.25) is 0 Å². The molecule has 0 unspecified atom stereocenters. The van der Waals surface area contributed by atoms with E-state index in [4.69, 9.17) is 0 Å². The normalized spacial score (nSPS) is 11.6. The second kappa shape index (κ2) is 7.08. The Hall–Kier alpha value is -4.36. The number of anilines is 3. The molecule has 0 fully saturated rings. The highest BCUT2D eigenvalue weighted by Gasteiger charge is 2.19. The van der Waals surface area contributed by atoms with Crippen LogP contribution in [-0.4, -0.2) is 0 Å². The summed E-state index contributed by atoms with van der Waals surface area (Å²) >= 11 is 0. The maximum atomic E-state index is 2.38. The van der Waals surface area contributed by atoms with E-state index in [9.17, 15) is 0 Å². The highest BCUT2D eigenvalue weighted by Crippen LogP contribution is 2.46. The Morgan fingerprint density at radius 2 is 0.970 bits per heavy atom. The Balaban J connectivity index is 1.67. The summed E-state index contributed by atoms with van der Waals surface area (Å²) in [4.78, 5) is 2.38. The van der Waals surface area contributed by atoms with Crippen molar-refractivity contribution in [1.29, 1.82) is 0 Å². The van der Waals surface area contributed by atoms with Gasteiger partial charge in [-0.1, -0.05) is 91.0 Å². The van der Waals surface area contributed by atoms with Crippen LogP contribution >= 0.6 is 0 Å². The maximum absolute atomic E-state index is 2.38. The van der Waals surface area contributed by atoms with Gasteiger partial charge < -0.3 is 4.90 Å². The van der Waals surface area contributed by atoms with Crippen molar-refractivity contribution in [2.45, 2.75) is 0 Å². The van der Waals surface area contributed by atoms with Crippen LogP contribution in [0.5, 0.6) is 0 Å². The summed E-state index contributed by atoms with van der Waals surface area (Å²) in [5.74, 6) is 0. The topological polar surface area (TPSA) is 3.24 Å². The fraction of sp³-hybridized carbons (Fsp3) is 0. The number of fused-ring (bicyclic) bond motifs is 2. The van der Waals surface area contributed by atoms with Crippen LogP contribution in [0.2, 0.25) is 0 Å². The van der Waals surface area contributed by atoms with Gasteiger partial charge in [-0.15, -0.1) is 0 Å². The van der Waals surface area contributed by atoms with E-state index in [1.54, 1.807) is 0 Å². The fourth-order valence-electron chi connectivity index (χ4n) is 5.33. The van der Waals surface area contributed by atoms with Gasteiger partial charge in [0.1, 0.15) is 0 Å². The van der Waals surface area contributed by atoms with Gasteiger partial charge >= 0.3 is 0 Å². The number of hydrogen-bond acceptors (Lipinski definition) is 1. The summed E-state index contributed by atoms with van der Waals surface area (Å²) in [5, 5.41) is 10.4. The molecular formula is C32H21N. The molecular weight excluding hydrogens is 398 g/mol. The highest BCUT2D eigenvalue weighted by molar-refractivity contribution is 6.31. The monoisotopic (exact) mass is 419 g/mol. The molecule has 7 aromatic carbocycles. The van der Waals surface area contributed by atoms with Crippen LogP contribution in [0.25, 0.3) is 43.1 Å². The van der Waals surface area contributed by atoms with Gasteiger partial charge in [0.05, 0.1) is 5.69 Å². The third kappa shape index (κ3) is 2.73. The van der Waals surface area contributed by atoms with Crippen LogP contribution in [0, 0.1) is 0 Å². The standard InChI is InChI=1S/C32H21N/c1-3-12-25(13-4-1)33(26-14-5-2-6-15-26)30-21-24-20-23-10-7-8-16-27(23)28-19-18-22-11-9-17-29(30)31(22)32(24)28/h1-21H. The number of hydrogen-bond donors (Lipinski definition) is 0. The predicted molar refractivity (Wildman–Crippen MR) is 142 cm³/mol. The van der Waals surface area contributed by atoms with Crippen LogP contribution in [0.4, 0.5) is 17.1 Å². The Bertz CT molecular complexity index is 1710. The first-order valence-corrected chi connectivity index (χ1v) is 11.4. The lowest BCUT2D eigenvalue weighted by molar-refractivity contribution is 1.30. The second-order valence-corrected chi connectivity index (χ2v) is 8.61. The molecule has 0 radical (unpaired) electrons. The lowest BCUT2D eigenvalue weighted by Gasteiger charge is -2.28. The van der Waals surface area contributed by atoms with Crippen molar-refractivity contribution in [2.75, 3.05) is 4.90 Å². The van der Waals surface area contributed by atoms with Gasteiger partial charge in [-0.3, -0.25) is 0 Å². The van der Waals surface area contributed by atoms with Crippen molar-refractivity contribution in [3.05, 3.63) is 127 Å². The van der Waals surface area contributed by atoms with Crippen LogP contribution in [0.1, 0.15) is 0 Å². The Labute approximate surface area is 192 Å². The molecule has 0 aliphatic heterocycles. The van der Waals surface area contributed by atoms with Crippen molar-refractivity contribution >= 4 is 60.2 Å². The molecule has 7 aromatic rings. The van der Waals surface area contributed by atoms with Crippen molar-refractivity contribution in [3.63, 3.8) is 0 Å². The molecule has 0 amide bonds. The summed E-state index contributed by atoms with van der Waals surface area (Å²) < 4.78 is 0. The molecule has 7 rings (SSSR count). The summed E-state index contributed by atoms with van der Waals surface area (Å²) in [5.41, 5.74) is 3.51. The third-order valence-corrected chi connectivity index (χ3v) is 6.73. The first kappa shape index (κ1) is 18.2. The molecule has 1 heteroatoms. The average Bonchev–Trinajstić information content (AvgIpc) is 2.89. The number of benzene rings is 7. The van der Waals surface area contributed by atoms with Gasteiger partial charge in [-0.2, -0.15) is 0 Å². The molecule has 0 aliphatic rings. The minimum atomic E-state index is 1.16. The summed E-state index contributed by atoms with van der Waals surface area (Å²) in [7, 11) is 0. The van der Waals surface area contributed by atoms with E-state index in [1.165, 1.54) is 48.8 Å². The molecule has 154 valence electrons. The van der Waals surface area contributed by atoms with E-state index in [1.807, 2.05) is 0 Å². The van der Waals surface area contributed by atoms with Crippen LogP contribution in [0.3, 0.4) is 0 Å². The van der Waals surface area contributed by atoms with Gasteiger partial charge in [-0.05, 0) is 74.1 Å². The minimum Gasteiger partial charge on any atom is -0.310 e. The third-order valence-electron chi connectivity index (χ3n) is 6.73. The zero-order chi connectivity index (χ0) is 21.8. The van der Waals surface area contributed by atoms with Crippen molar-refractivity contribution in [3.8, 4) is 0 Å². The molecule has 0 saturated carbocycles. The SMILES string of the molecule is c1ccc(N(c2ccccc2)c2cc3cc4ccccc4c4ccc5cccc2c5c34)cc1. The van der Waals surface area contributed by atoms with Gasteiger partial charge in [0, 0.05) is 16.8 Å². The molecule has 33 heavy (non-hydrogen) atoms. The van der Waals surface area contributed by atoms with E-state index in [0.29, 0.717) is 0 Å². The smallest absolute Gasteiger partial charge is 0.0546 e. The number of nitrogens with zero attached hydrogens (tertiary/aromatic N) is 1. The van der Waals surface area contributed by atoms with E-state index < -0.39 is 0 Å². The predicted octanol–water partition coefficient (Wildman–Crippen LogP) is 9.21. The van der Waals surface area contributed by atoms with Crippen molar-refractivity contribution in [2.24, 2.45) is 0 Å². The molecule has 1 nitrogen and oxygen atoms in total. The fourth-order valence-corrected chi connectivity index (χ4v) is 5.33. The molecule has 0 aliphatic carbocycles. The first-order chi connectivity index (χ1) is 16.4. The van der Waals surface area contributed by atoms with E-state index in [-0.39, 0.29) is 0 Å². The van der Waals surface area contributed by atoms with Gasteiger partial charge in [0.15, 0.2) is 0 Å².